The fourth-order valence-corrected chi connectivity index (χ4v) is 17.5. The van der Waals surface area contributed by atoms with E-state index in [-0.39, 0.29) is 7.92 Å². The molecule has 3 atom stereocenters. The topological polar surface area (TPSA) is 9.23 Å². The van der Waals surface area contributed by atoms with Crippen LogP contribution in [0.3, 0.4) is 0 Å². The van der Waals surface area contributed by atoms with Gasteiger partial charge in [-0.3, -0.25) is 0 Å². The number of hydrogen-bond donors (Lipinski definition) is 0. The van der Waals surface area contributed by atoms with E-state index >= 15 is 0 Å². The van der Waals surface area contributed by atoms with Crippen LogP contribution in [0.25, 0.3) is 0 Å². The standard InChI is InChI=1S/C31H44P2.C7H7O.ClH.Ni/c1-25(32(26-15-6-2-7-16-26)27-17-8-3-9-18-27)30-23-14-24-31(30)33(28-19-10-4-11-20-28)29-21-12-5-13-22-29;1-8-7-5-3-2-4-6-7;;/h2-3,6-9,15-18,25,28-31H,4-5,10-14,19-24H2,1H3;2-3,5-6H,1H3;1H;/q;-1;;+1/p+1. The van der Waals surface area contributed by atoms with E-state index in [9.17, 15) is 0 Å². The molecule has 3 unspecified atom stereocenters. The average Bonchev–Trinajstić information content (AvgIpc) is 3.58. The molecule has 1 nitrogen and oxygen atoms in total. The number of hydrogen-bond acceptors (Lipinski definition) is 1. The van der Waals surface area contributed by atoms with Crippen LogP contribution < -0.4 is 15.3 Å². The van der Waals surface area contributed by atoms with Gasteiger partial charge in [-0.2, -0.15) is 18.2 Å². The number of halogens is 1. The van der Waals surface area contributed by atoms with Gasteiger partial charge in [0, 0.05) is 19.6 Å². The van der Waals surface area contributed by atoms with Gasteiger partial charge in [0.05, 0.1) is 48.3 Å². The molecule has 237 valence electrons. The Bertz CT molecular complexity index is 1060. The van der Waals surface area contributed by atoms with Crippen LogP contribution in [-0.4, -0.2) is 29.7 Å². The Hall–Kier alpha value is -0.896. The SMILES string of the molecule is CC(C1CCCC1[PH+](C1CCCCC1)C1CCCCC1)[PH+](c1ccccc1)c1ccccc1.COc1c[c-]ccc1.[Cl][Ni]. The van der Waals surface area contributed by atoms with E-state index in [1.54, 1.807) is 55.9 Å². The average molecular weight is 682 g/mol. The Labute approximate surface area is 277 Å². The number of methoxy groups -OCH3 is 1. The Balaban J connectivity index is 0.000000364. The molecule has 43 heavy (non-hydrogen) atoms. The van der Waals surface area contributed by atoms with E-state index in [2.05, 4.69) is 98.4 Å². The van der Waals surface area contributed by atoms with Crippen LogP contribution >= 0.6 is 26.0 Å². The first-order valence-electron chi connectivity index (χ1n) is 16.7. The third-order valence-electron chi connectivity index (χ3n) is 10.3. The Morgan fingerprint density at radius 2 is 1.23 bits per heavy atom. The molecule has 3 aromatic carbocycles. The zero-order valence-corrected chi connectivity index (χ0v) is 30.0. The molecular weight excluding hydrogens is 629 g/mol. The summed E-state index contributed by atoms with van der Waals surface area (Å²) in [7, 11) is 4.84. The molecule has 0 heterocycles. The van der Waals surface area contributed by atoms with Gasteiger partial charge in [-0.1, -0.05) is 49.2 Å². The minimum absolute atomic E-state index is 0.296. The van der Waals surface area contributed by atoms with Crippen molar-refractivity contribution in [2.75, 3.05) is 7.11 Å². The maximum atomic E-state index is 4.88. The molecule has 0 aromatic heterocycles. The van der Waals surface area contributed by atoms with E-state index in [0.29, 0.717) is 0 Å². The fourth-order valence-electron chi connectivity index (χ4n) is 8.46. The third kappa shape index (κ3) is 10.0. The predicted molar refractivity (Wildman–Crippen MR) is 191 cm³/mol. The van der Waals surface area contributed by atoms with Gasteiger partial charge >= 0.3 is 24.8 Å². The van der Waals surface area contributed by atoms with Gasteiger partial charge in [-0.05, 0) is 102 Å². The van der Waals surface area contributed by atoms with Crippen molar-refractivity contribution < 1.29 is 19.3 Å². The molecule has 3 fully saturated rings. The molecule has 0 bridgehead atoms. The summed E-state index contributed by atoms with van der Waals surface area (Å²) in [6.07, 6.45) is 20.0. The summed E-state index contributed by atoms with van der Waals surface area (Å²) in [5, 5.41) is 3.27. The molecule has 0 aliphatic heterocycles. The van der Waals surface area contributed by atoms with Crippen LogP contribution in [0.15, 0.2) is 84.9 Å². The van der Waals surface area contributed by atoms with Crippen LogP contribution in [-0.2, 0) is 14.6 Å². The van der Waals surface area contributed by atoms with Gasteiger partial charge < -0.3 is 4.74 Å². The van der Waals surface area contributed by atoms with Crippen LogP contribution in [0.4, 0.5) is 0 Å². The summed E-state index contributed by atoms with van der Waals surface area (Å²) >= 11 is 3.35. The van der Waals surface area contributed by atoms with Crippen molar-refractivity contribution >= 4 is 36.6 Å². The second-order valence-electron chi connectivity index (χ2n) is 12.7. The fraction of sp³-hybridized carbons (Fsp3) is 0.526. The molecule has 0 saturated heterocycles. The van der Waals surface area contributed by atoms with Gasteiger partial charge in [-0.15, -0.1) is 12.1 Å². The van der Waals surface area contributed by atoms with Crippen LogP contribution in [0, 0.1) is 12.0 Å². The van der Waals surface area contributed by atoms with Crippen molar-refractivity contribution in [1.29, 1.82) is 0 Å². The molecule has 3 aliphatic rings. The van der Waals surface area contributed by atoms with Crippen molar-refractivity contribution in [3.63, 3.8) is 0 Å². The third-order valence-corrected chi connectivity index (χ3v) is 18.2. The van der Waals surface area contributed by atoms with Gasteiger partial charge in [-0.25, -0.2) is 0 Å². The predicted octanol–water partition coefficient (Wildman–Crippen LogP) is 10.5. The first kappa shape index (κ1) is 35.0. The van der Waals surface area contributed by atoms with Crippen LogP contribution in [0.5, 0.6) is 5.75 Å². The first-order chi connectivity index (χ1) is 21.3. The molecule has 0 amide bonds. The summed E-state index contributed by atoms with van der Waals surface area (Å²) in [5.41, 5.74) is 4.19. The Morgan fingerprint density at radius 1 is 0.698 bits per heavy atom. The maximum absolute atomic E-state index is 4.88. The molecule has 5 heteroatoms. The van der Waals surface area contributed by atoms with Crippen molar-refractivity contribution in [1.82, 2.24) is 0 Å². The molecule has 0 spiro atoms. The van der Waals surface area contributed by atoms with E-state index in [4.69, 9.17) is 4.74 Å². The summed E-state index contributed by atoms with van der Waals surface area (Å²) in [4.78, 5) is 0. The zero-order chi connectivity index (χ0) is 30.3. The molecule has 3 saturated carbocycles. The monoisotopic (exact) mass is 680 g/mol. The van der Waals surface area contributed by atoms with Gasteiger partial charge in [0.15, 0.2) is 0 Å². The van der Waals surface area contributed by atoms with Crippen molar-refractivity contribution in [2.24, 2.45) is 5.92 Å². The second-order valence-corrected chi connectivity index (χ2v) is 19.0. The second kappa shape index (κ2) is 19.6. The summed E-state index contributed by atoms with van der Waals surface area (Å²) in [6, 6.07) is 33.6. The van der Waals surface area contributed by atoms with Gasteiger partial charge in [0.25, 0.3) is 0 Å². The van der Waals surface area contributed by atoms with Crippen LogP contribution in [0.2, 0.25) is 0 Å². The molecule has 3 aliphatic carbocycles. The van der Waals surface area contributed by atoms with Crippen molar-refractivity contribution in [2.45, 2.75) is 113 Å². The quantitative estimate of drug-likeness (QED) is 0.131. The number of benzene rings is 3. The molecule has 6 rings (SSSR count). The first-order valence-corrected chi connectivity index (χ1v) is 21.4. The van der Waals surface area contributed by atoms with E-state index in [0.717, 1.165) is 34.3 Å². The molecule has 0 N–H and O–H groups in total. The van der Waals surface area contributed by atoms with Gasteiger partial charge in [0.2, 0.25) is 0 Å². The summed E-state index contributed by atoms with van der Waals surface area (Å²) in [6.45, 7) is 2.68. The van der Waals surface area contributed by atoms with Crippen molar-refractivity contribution in [3.8, 4) is 5.75 Å². The Morgan fingerprint density at radius 3 is 1.67 bits per heavy atom. The summed E-state index contributed by atoms with van der Waals surface area (Å²) in [5.74, 6) is 1.82. The number of ether oxygens (including phenoxy) is 1. The van der Waals surface area contributed by atoms with E-state index in [1.165, 1.54) is 51.4 Å². The van der Waals surface area contributed by atoms with Crippen LogP contribution in [0.1, 0.15) is 90.4 Å². The molecule has 0 radical (unpaired) electrons. The van der Waals surface area contributed by atoms with Gasteiger partial charge in [0.1, 0.15) is 0 Å². The number of rotatable bonds is 8. The normalized spacial score (nSPS) is 21.8. The van der Waals surface area contributed by atoms with E-state index in [1.807, 2.05) is 18.2 Å². The van der Waals surface area contributed by atoms with E-state index < -0.39 is 7.92 Å². The molecular formula is C38H53ClNiOP2+. The summed E-state index contributed by atoms with van der Waals surface area (Å²) < 4.78 is 4.88. The zero-order valence-electron chi connectivity index (χ0n) is 26.3. The minimum atomic E-state index is -0.770. The Kier molecular flexibility index (Phi) is 15.9. The van der Waals surface area contributed by atoms with Crippen molar-refractivity contribution in [3.05, 3.63) is 91.0 Å². The molecule has 3 aromatic rings.